The van der Waals surface area contributed by atoms with Gasteiger partial charge in [0.2, 0.25) is 0 Å². The monoisotopic (exact) mass is 169 g/mol. The van der Waals surface area contributed by atoms with E-state index in [0.717, 1.165) is 13.0 Å². The van der Waals surface area contributed by atoms with Gasteiger partial charge in [-0.05, 0) is 17.5 Å². The molecule has 0 N–H and O–H groups in total. The van der Waals surface area contributed by atoms with E-state index in [2.05, 4.69) is 47.5 Å². The fourth-order valence-electron chi connectivity index (χ4n) is 2.09. The summed E-state index contributed by atoms with van der Waals surface area (Å²) in [6.07, 6.45) is 9.92. The van der Waals surface area contributed by atoms with Crippen LogP contribution in [0.15, 0.2) is 36.6 Å². The fourth-order valence-corrected chi connectivity index (χ4v) is 2.09. The molecule has 0 unspecified atom stereocenters. The Balaban J connectivity index is 2.29. The topological polar surface area (TPSA) is 3.24 Å². The van der Waals surface area contributed by atoms with Gasteiger partial charge in [-0.2, -0.15) is 0 Å². The third kappa shape index (κ3) is 0.934. The second kappa shape index (κ2) is 2.49. The second-order valence-electron chi connectivity index (χ2n) is 3.50. The summed E-state index contributed by atoms with van der Waals surface area (Å²) in [5.74, 6) is 0. The summed E-state index contributed by atoms with van der Waals surface area (Å²) in [6, 6.07) is 6.54. The molecular weight excluding hydrogens is 158 g/mol. The van der Waals surface area contributed by atoms with Gasteiger partial charge < -0.3 is 4.90 Å². The SMILES string of the molecule is C1=CN2CC=Cc3cccc(c32)C1. The average molecular weight is 169 g/mol. The van der Waals surface area contributed by atoms with Gasteiger partial charge in [0.1, 0.15) is 0 Å². The number of hydrogen-bond acceptors (Lipinski definition) is 1. The van der Waals surface area contributed by atoms with Gasteiger partial charge >= 0.3 is 0 Å². The van der Waals surface area contributed by atoms with E-state index < -0.39 is 0 Å². The molecule has 3 rings (SSSR count). The van der Waals surface area contributed by atoms with Crippen molar-refractivity contribution in [3.05, 3.63) is 47.7 Å². The maximum atomic E-state index is 2.31. The lowest BCUT2D eigenvalue weighted by Crippen LogP contribution is -2.23. The summed E-state index contributed by atoms with van der Waals surface area (Å²) in [6.45, 7) is 1.01. The summed E-state index contributed by atoms with van der Waals surface area (Å²) >= 11 is 0. The third-order valence-corrected chi connectivity index (χ3v) is 2.66. The summed E-state index contributed by atoms with van der Waals surface area (Å²) in [4.78, 5) is 2.31. The fraction of sp³-hybridized carbons (Fsp3) is 0.167. The van der Waals surface area contributed by atoms with Crippen molar-refractivity contribution in [1.29, 1.82) is 0 Å². The van der Waals surface area contributed by atoms with E-state index in [1.165, 1.54) is 16.8 Å². The molecule has 1 heteroatoms. The summed E-state index contributed by atoms with van der Waals surface area (Å²) in [5.41, 5.74) is 4.21. The van der Waals surface area contributed by atoms with E-state index in [1.54, 1.807) is 0 Å². The van der Waals surface area contributed by atoms with Crippen molar-refractivity contribution >= 4 is 11.8 Å². The number of hydrogen-bond donors (Lipinski definition) is 0. The molecule has 0 spiro atoms. The summed E-state index contributed by atoms with van der Waals surface area (Å²) in [5, 5.41) is 0. The first-order valence-electron chi connectivity index (χ1n) is 4.67. The van der Waals surface area contributed by atoms with Crippen LogP contribution in [0, 0.1) is 0 Å². The van der Waals surface area contributed by atoms with Crippen LogP contribution in [0.5, 0.6) is 0 Å². The lowest BCUT2D eigenvalue weighted by atomic mass is 9.98. The summed E-state index contributed by atoms with van der Waals surface area (Å²) in [7, 11) is 0. The number of anilines is 1. The molecule has 0 aromatic heterocycles. The Bertz CT molecular complexity index is 402. The molecule has 0 radical (unpaired) electrons. The predicted octanol–water partition coefficient (Wildman–Crippen LogP) is 2.59. The van der Waals surface area contributed by atoms with Gasteiger partial charge in [0.25, 0.3) is 0 Å². The van der Waals surface area contributed by atoms with Gasteiger partial charge in [-0.3, -0.25) is 0 Å². The standard InChI is InChI=1S/C12H11N/c1-4-10-6-2-8-13-9-3-7-11(5-1)12(10)13/h1-6,9H,7-8H2. The number of rotatable bonds is 0. The molecular formula is C12H11N. The van der Waals surface area contributed by atoms with E-state index in [1.807, 2.05) is 0 Å². The molecule has 2 aliphatic heterocycles. The highest BCUT2D eigenvalue weighted by Gasteiger charge is 2.16. The van der Waals surface area contributed by atoms with E-state index in [-0.39, 0.29) is 0 Å². The molecule has 13 heavy (non-hydrogen) atoms. The van der Waals surface area contributed by atoms with E-state index in [0.29, 0.717) is 0 Å². The van der Waals surface area contributed by atoms with Gasteiger partial charge in [-0.15, -0.1) is 0 Å². The molecule has 0 saturated carbocycles. The van der Waals surface area contributed by atoms with Crippen LogP contribution in [0.2, 0.25) is 0 Å². The maximum Gasteiger partial charge on any atom is 0.0518 e. The minimum atomic E-state index is 1.01. The third-order valence-electron chi connectivity index (χ3n) is 2.66. The molecule has 2 heterocycles. The number of para-hydroxylation sites is 1. The molecule has 1 aromatic carbocycles. The highest BCUT2D eigenvalue weighted by atomic mass is 15.1. The summed E-state index contributed by atoms with van der Waals surface area (Å²) < 4.78 is 0. The number of nitrogens with zero attached hydrogens (tertiary/aromatic N) is 1. The van der Waals surface area contributed by atoms with Crippen LogP contribution in [0.4, 0.5) is 5.69 Å². The minimum Gasteiger partial charge on any atom is -0.344 e. The van der Waals surface area contributed by atoms with Crippen LogP contribution in [0.3, 0.4) is 0 Å². The van der Waals surface area contributed by atoms with Crippen LogP contribution >= 0.6 is 0 Å². The van der Waals surface area contributed by atoms with Gasteiger partial charge in [-0.1, -0.05) is 36.4 Å². The Labute approximate surface area is 78.0 Å². The number of benzene rings is 1. The van der Waals surface area contributed by atoms with Gasteiger partial charge in [-0.25, -0.2) is 0 Å². The van der Waals surface area contributed by atoms with E-state index in [4.69, 9.17) is 0 Å². The average Bonchev–Trinajstić information content (AvgIpc) is 2.19. The van der Waals surface area contributed by atoms with Crippen LogP contribution in [-0.2, 0) is 6.42 Å². The normalized spacial score (nSPS) is 17.4. The van der Waals surface area contributed by atoms with Crippen molar-refractivity contribution in [2.24, 2.45) is 0 Å². The Hall–Kier alpha value is -1.50. The molecule has 0 fully saturated rings. The highest BCUT2D eigenvalue weighted by Crippen LogP contribution is 2.32. The zero-order chi connectivity index (χ0) is 8.67. The van der Waals surface area contributed by atoms with Crippen LogP contribution < -0.4 is 4.90 Å². The minimum absolute atomic E-state index is 1.01. The quantitative estimate of drug-likeness (QED) is 0.577. The maximum absolute atomic E-state index is 2.31. The van der Waals surface area contributed by atoms with Crippen molar-refractivity contribution in [2.75, 3.05) is 11.4 Å². The smallest absolute Gasteiger partial charge is 0.0518 e. The lowest BCUT2D eigenvalue weighted by Gasteiger charge is -2.29. The zero-order valence-corrected chi connectivity index (χ0v) is 7.40. The van der Waals surface area contributed by atoms with Gasteiger partial charge in [0, 0.05) is 12.7 Å². The molecule has 2 aliphatic rings. The van der Waals surface area contributed by atoms with Crippen LogP contribution in [0.25, 0.3) is 6.08 Å². The van der Waals surface area contributed by atoms with Crippen molar-refractivity contribution in [1.82, 2.24) is 0 Å². The van der Waals surface area contributed by atoms with Crippen molar-refractivity contribution in [2.45, 2.75) is 6.42 Å². The first-order chi connectivity index (χ1) is 6.45. The van der Waals surface area contributed by atoms with E-state index >= 15 is 0 Å². The van der Waals surface area contributed by atoms with E-state index in [9.17, 15) is 0 Å². The predicted molar refractivity (Wildman–Crippen MR) is 55.7 cm³/mol. The Morgan fingerprint density at radius 1 is 1.15 bits per heavy atom. The molecule has 1 nitrogen and oxygen atoms in total. The van der Waals surface area contributed by atoms with Crippen molar-refractivity contribution < 1.29 is 0 Å². The number of allylic oxidation sites excluding steroid dienone is 1. The van der Waals surface area contributed by atoms with Crippen LogP contribution in [0.1, 0.15) is 11.1 Å². The molecule has 1 aromatic rings. The first-order valence-corrected chi connectivity index (χ1v) is 4.67. The second-order valence-corrected chi connectivity index (χ2v) is 3.50. The molecule has 0 bridgehead atoms. The van der Waals surface area contributed by atoms with Crippen molar-refractivity contribution in [3.8, 4) is 0 Å². The Morgan fingerprint density at radius 3 is 3.15 bits per heavy atom. The molecule has 0 atom stereocenters. The first kappa shape index (κ1) is 6.96. The molecule has 0 aliphatic carbocycles. The Morgan fingerprint density at radius 2 is 2.15 bits per heavy atom. The van der Waals surface area contributed by atoms with Gasteiger partial charge in [0.15, 0.2) is 0 Å². The Kier molecular flexibility index (Phi) is 1.33. The lowest BCUT2D eigenvalue weighted by molar-refractivity contribution is 1.01. The molecule has 0 amide bonds. The highest BCUT2D eigenvalue weighted by molar-refractivity contribution is 5.76. The zero-order valence-electron chi connectivity index (χ0n) is 7.40. The van der Waals surface area contributed by atoms with Crippen molar-refractivity contribution in [3.63, 3.8) is 0 Å². The molecule has 64 valence electrons. The molecule has 0 saturated heterocycles. The largest absolute Gasteiger partial charge is 0.344 e. The van der Waals surface area contributed by atoms with Gasteiger partial charge in [0.05, 0.1) is 5.69 Å². The van der Waals surface area contributed by atoms with Crippen LogP contribution in [-0.4, -0.2) is 6.54 Å².